The van der Waals surface area contributed by atoms with E-state index in [9.17, 15) is 5.11 Å². The molecule has 0 spiro atoms. The van der Waals surface area contributed by atoms with Crippen molar-refractivity contribution in [2.24, 2.45) is 0 Å². The summed E-state index contributed by atoms with van der Waals surface area (Å²) in [5.41, 5.74) is 5.98. The van der Waals surface area contributed by atoms with E-state index in [-0.39, 0.29) is 6.61 Å². The number of benzene rings is 1. The maximum Gasteiger partial charge on any atom is 0.140 e. The standard InChI is InChI=1S/C22H19N5O/c28-13-17-9-16-8-15(3-4-20(16)26-17)19-10-21(27-22-18(19)5-7-24-22)25-12-14-2-1-6-23-11-14/h1-11,26,28H,12-13H2,(H2,24,25,27). The average molecular weight is 369 g/mol. The summed E-state index contributed by atoms with van der Waals surface area (Å²) in [4.78, 5) is 15.3. The first kappa shape index (κ1) is 16.5. The highest BCUT2D eigenvalue weighted by atomic mass is 16.3. The molecule has 28 heavy (non-hydrogen) atoms. The van der Waals surface area contributed by atoms with Gasteiger partial charge in [-0.25, -0.2) is 4.98 Å². The lowest BCUT2D eigenvalue weighted by atomic mass is 10.0. The van der Waals surface area contributed by atoms with Crippen molar-refractivity contribution in [1.29, 1.82) is 0 Å². The van der Waals surface area contributed by atoms with Gasteiger partial charge in [-0.1, -0.05) is 12.1 Å². The zero-order chi connectivity index (χ0) is 18.9. The molecule has 0 aliphatic rings. The van der Waals surface area contributed by atoms with Crippen LogP contribution in [-0.2, 0) is 13.2 Å². The first-order valence-corrected chi connectivity index (χ1v) is 9.14. The molecule has 5 aromatic rings. The number of hydrogen-bond donors (Lipinski definition) is 4. The minimum atomic E-state index is 0.00371. The Morgan fingerprint density at radius 2 is 2.04 bits per heavy atom. The number of fused-ring (bicyclic) bond motifs is 2. The largest absolute Gasteiger partial charge is 0.390 e. The number of rotatable bonds is 5. The van der Waals surface area contributed by atoms with Crippen LogP contribution in [0.4, 0.5) is 5.82 Å². The van der Waals surface area contributed by atoms with Crippen LogP contribution in [0.3, 0.4) is 0 Å². The van der Waals surface area contributed by atoms with Gasteiger partial charge in [0.1, 0.15) is 11.5 Å². The number of aliphatic hydroxyl groups is 1. The van der Waals surface area contributed by atoms with E-state index >= 15 is 0 Å². The first-order chi connectivity index (χ1) is 13.8. The Morgan fingerprint density at radius 1 is 1.07 bits per heavy atom. The minimum Gasteiger partial charge on any atom is -0.390 e. The summed E-state index contributed by atoms with van der Waals surface area (Å²) in [6, 6.07) is 16.3. The van der Waals surface area contributed by atoms with E-state index in [0.717, 1.165) is 50.1 Å². The highest BCUT2D eigenvalue weighted by Gasteiger charge is 2.10. The third-order valence-electron chi connectivity index (χ3n) is 4.88. The fraction of sp³-hybridized carbons (Fsp3) is 0.0909. The van der Waals surface area contributed by atoms with E-state index < -0.39 is 0 Å². The van der Waals surface area contributed by atoms with Crippen molar-refractivity contribution in [1.82, 2.24) is 19.9 Å². The van der Waals surface area contributed by atoms with Crippen molar-refractivity contribution in [2.75, 3.05) is 5.32 Å². The molecular weight excluding hydrogens is 350 g/mol. The lowest BCUT2D eigenvalue weighted by molar-refractivity contribution is 0.278. The number of pyridine rings is 2. The number of H-pyrrole nitrogens is 2. The van der Waals surface area contributed by atoms with Gasteiger partial charge in [-0.3, -0.25) is 4.98 Å². The Morgan fingerprint density at radius 3 is 2.89 bits per heavy atom. The molecule has 0 aliphatic heterocycles. The van der Waals surface area contributed by atoms with Crippen LogP contribution in [0.2, 0.25) is 0 Å². The van der Waals surface area contributed by atoms with E-state index in [2.05, 4.69) is 43.5 Å². The maximum absolute atomic E-state index is 9.37. The topological polar surface area (TPSA) is 89.6 Å². The van der Waals surface area contributed by atoms with Gasteiger partial charge in [0.25, 0.3) is 0 Å². The summed E-state index contributed by atoms with van der Waals surface area (Å²) in [7, 11) is 0. The molecule has 6 heteroatoms. The van der Waals surface area contributed by atoms with Gasteiger partial charge in [-0.15, -0.1) is 0 Å². The van der Waals surface area contributed by atoms with Crippen molar-refractivity contribution >= 4 is 27.8 Å². The molecular formula is C22H19N5O. The SMILES string of the molecule is OCc1cc2cc(-c3cc(NCc4cccnc4)nc4[nH]ccc34)ccc2[nH]1. The Labute approximate surface area is 161 Å². The smallest absolute Gasteiger partial charge is 0.140 e. The van der Waals surface area contributed by atoms with Gasteiger partial charge in [-0.2, -0.15) is 0 Å². The molecule has 0 unspecified atom stereocenters. The predicted molar refractivity (Wildman–Crippen MR) is 111 cm³/mol. The zero-order valence-corrected chi connectivity index (χ0v) is 15.1. The third kappa shape index (κ3) is 3.00. The molecule has 0 bridgehead atoms. The number of nitrogens with one attached hydrogen (secondary N) is 3. The second-order valence-corrected chi connectivity index (χ2v) is 6.76. The molecule has 6 nitrogen and oxygen atoms in total. The predicted octanol–water partition coefficient (Wildman–Crippen LogP) is 4.21. The molecule has 0 fully saturated rings. The number of aromatic amines is 2. The first-order valence-electron chi connectivity index (χ1n) is 9.14. The van der Waals surface area contributed by atoms with E-state index in [0.29, 0.717) is 6.54 Å². The molecule has 1 aromatic carbocycles. The number of aliphatic hydroxyl groups excluding tert-OH is 1. The molecule has 4 aromatic heterocycles. The van der Waals surface area contributed by atoms with Crippen molar-refractivity contribution in [2.45, 2.75) is 13.2 Å². The average Bonchev–Trinajstić information content (AvgIpc) is 3.38. The number of hydrogen-bond acceptors (Lipinski definition) is 4. The number of anilines is 1. The highest BCUT2D eigenvalue weighted by molar-refractivity contribution is 5.97. The quantitative estimate of drug-likeness (QED) is 0.374. The Hall–Kier alpha value is -3.64. The monoisotopic (exact) mass is 369 g/mol. The summed E-state index contributed by atoms with van der Waals surface area (Å²) >= 11 is 0. The minimum absolute atomic E-state index is 0.00371. The summed E-state index contributed by atoms with van der Waals surface area (Å²) in [6.45, 7) is 0.660. The fourth-order valence-electron chi connectivity index (χ4n) is 3.51. The Bertz CT molecular complexity index is 1260. The summed E-state index contributed by atoms with van der Waals surface area (Å²) in [6.07, 6.45) is 5.52. The Kier molecular flexibility index (Phi) is 4.03. The number of nitrogens with zero attached hydrogens (tertiary/aromatic N) is 2. The van der Waals surface area contributed by atoms with Crippen LogP contribution in [-0.4, -0.2) is 25.0 Å². The summed E-state index contributed by atoms with van der Waals surface area (Å²) in [5.74, 6) is 0.805. The van der Waals surface area contributed by atoms with E-state index in [1.165, 1.54) is 0 Å². The van der Waals surface area contributed by atoms with E-state index in [1.807, 2.05) is 42.7 Å². The van der Waals surface area contributed by atoms with Gasteiger partial charge >= 0.3 is 0 Å². The fourth-order valence-corrected chi connectivity index (χ4v) is 3.51. The van der Waals surface area contributed by atoms with Gasteiger partial charge in [0.05, 0.1) is 6.61 Å². The Balaban J connectivity index is 1.55. The van der Waals surface area contributed by atoms with Crippen molar-refractivity contribution in [3.63, 3.8) is 0 Å². The van der Waals surface area contributed by atoms with Gasteiger partial charge in [-0.05, 0) is 53.1 Å². The van der Waals surface area contributed by atoms with Crippen LogP contribution in [0.15, 0.2) is 67.1 Å². The van der Waals surface area contributed by atoms with Crippen LogP contribution in [0.25, 0.3) is 33.1 Å². The van der Waals surface area contributed by atoms with Crippen LogP contribution >= 0.6 is 0 Å². The molecule has 0 amide bonds. The molecule has 0 saturated carbocycles. The van der Waals surface area contributed by atoms with Crippen LogP contribution in [0.1, 0.15) is 11.3 Å². The zero-order valence-electron chi connectivity index (χ0n) is 15.1. The lowest BCUT2D eigenvalue weighted by Crippen LogP contribution is -2.02. The molecule has 0 radical (unpaired) electrons. The molecule has 138 valence electrons. The second-order valence-electron chi connectivity index (χ2n) is 6.76. The maximum atomic E-state index is 9.37. The molecule has 4 heterocycles. The second kappa shape index (κ2) is 6.83. The molecule has 4 N–H and O–H groups in total. The van der Waals surface area contributed by atoms with Crippen LogP contribution in [0.5, 0.6) is 0 Å². The van der Waals surface area contributed by atoms with Gasteiger partial charge in [0, 0.05) is 47.1 Å². The van der Waals surface area contributed by atoms with Crippen LogP contribution in [0, 0.1) is 0 Å². The summed E-state index contributed by atoms with van der Waals surface area (Å²) in [5, 5.41) is 14.9. The van der Waals surface area contributed by atoms with Gasteiger partial charge in [0.15, 0.2) is 0 Å². The van der Waals surface area contributed by atoms with Gasteiger partial charge < -0.3 is 20.4 Å². The third-order valence-corrected chi connectivity index (χ3v) is 4.88. The van der Waals surface area contributed by atoms with E-state index in [4.69, 9.17) is 0 Å². The van der Waals surface area contributed by atoms with Crippen molar-refractivity contribution in [3.8, 4) is 11.1 Å². The number of aromatic nitrogens is 4. The molecule has 0 atom stereocenters. The molecule has 0 saturated heterocycles. The van der Waals surface area contributed by atoms with Crippen molar-refractivity contribution < 1.29 is 5.11 Å². The van der Waals surface area contributed by atoms with E-state index in [1.54, 1.807) is 6.20 Å². The summed E-state index contributed by atoms with van der Waals surface area (Å²) < 4.78 is 0. The molecule has 0 aliphatic carbocycles. The molecule has 5 rings (SSSR count). The van der Waals surface area contributed by atoms with Crippen LogP contribution < -0.4 is 5.32 Å². The lowest BCUT2D eigenvalue weighted by Gasteiger charge is -2.10. The highest BCUT2D eigenvalue weighted by Crippen LogP contribution is 2.32. The normalized spacial score (nSPS) is 11.3. The van der Waals surface area contributed by atoms with Crippen molar-refractivity contribution in [3.05, 3.63) is 78.4 Å². The van der Waals surface area contributed by atoms with Gasteiger partial charge in [0.2, 0.25) is 0 Å².